The van der Waals surface area contributed by atoms with Crippen LogP contribution in [0.3, 0.4) is 0 Å². The molecule has 0 aromatic heterocycles. The number of benzene rings is 2. The van der Waals surface area contributed by atoms with Crippen molar-refractivity contribution in [3.63, 3.8) is 0 Å². The maximum absolute atomic E-state index is 12.5. The molecule has 134 valence electrons. The van der Waals surface area contributed by atoms with Crippen LogP contribution in [0.5, 0.6) is 5.75 Å². The summed E-state index contributed by atoms with van der Waals surface area (Å²) in [4.78, 5) is 26.2. The predicted octanol–water partition coefficient (Wildman–Crippen LogP) is 3.00. The summed E-state index contributed by atoms with van der Waals surface area (Å²) in [6, 6.07) is 15.4. The minimum Gasteiger partial charge on any atom is -0.484 e. The van der Waals surface area contributed by atoms with Gasteiger partial charge in [0.15, 0.2) is 6.61 Å². The van der Waals surface area contributed by atoms with Crippen LogP contribution in [0.1, 0.15) is 24.0 Å². The molecule has 5 nitrogen and oxygen atoms in total. The number of hydrogen-bond acceptors (Lipinski definition) is 3. The number of nitrogens with one attached hydrogen (secondary N) is 1. The first-order valence-corrected chi connectivity index (χ1v) is 9.07. The number of amides is 2. The Bertz CT molecular complexity index is 830. The second kappa shape index (κ2) is 7.20. The number of carbonyl (C=O) groups excluding carboxylic acids is 2. The van der Waals surface area contributed by atoms with Crippen molar-refractivity contribution in [3.05, 3.63) is 59.7 Å². The molecule has 2 aromatic rings. The van der Waals surface area contributed by atoms with E-state index in [0.29, 0.717) is 18.0 Å². The first-order valence-electron chi connectivity index (χ1n) is 9.07. The van der Waals surface area contributed by atoms with Crippen LogP contribution in [0.4, 0.5) is 5.69 Å². The second-order valence-corrected chi connectivity index (χ2v) is 6.91. The Balaban J connectivity index is 1.32. The number of rotatable bonds is 5. The van der Waals surface area contributed by atoms with Crippen LogP contribution >= 0.6 is 0 Å². The molecule has 4 rings (SSSR count). The summed E-state index contributed by atoms with van der Waals surface area (Å²) in [7, 11) is 0. The number of anilines is 1. The lowest BCUT2D eigenvalue weighted by Crippen LogP contribution is -2.38. The first-order chi connectivity index (χ1) is 12.7. The highest BCUT2D eigenvalue weighted by molar-refractivity contribution is 5.94. The number of ether oxygens (including phenoxy) is 1. The third-order valence-corrected chi connectivity index (χ3v) is 4.90. The number of hydrogen-bond donors (Lipinski definition) is 1. The zero-order valence-electron chi connectivity index (χ0n) is 14.6. The average molecular weight is 350 g/mol. The first kappa shape index (κ1) is 16.6. The van der Waals surface area contributed by atoms with E-state index in [1.807, 2.05) is 29.2 Å². The van der Waals surface area contributed by atoms with Crippen molar-refractivity contribution in [2.45, 2.75) is 25.8 Å². The highest BCUT2D eigenvalue weighted by Crippen LogP contribution is 2.30. The number of nitrogens with zero attached hydrogens (tertiary/aromatic N) is 1. The van der Waals surface area contributed by atoms with E-state index in [9.17, 15) is 9.59 Å². The van der Waals surface area contributed by atoms with Gasteiger partial charge in [-0.1, -0.05) is 30.3 Å². The summed E-state index contributed by atoms with van der Waals surface area (Å²) in [6.45, 7) is 1.36. The molecule has 0 unspecified atom stereocenters. The Labute approximate surface area is 153 Å². The molecule has 1 aliphatic heterocycles. The lowest BCUT2D eigenvalue weighted by molar-refractivity contribution is -0.134. The SMILES string of the molecule is O=C(Nc1cccc(OCC(=O)N2CCc3ccccc3C2)c1)C1CC1. The monoisotopic (exact) mass is 350 g/mol. The molecular weight excluding hydrogens is 328 g/mol. The van der Waals surface area contributed by atoms with Gasteiger partial charge in [0.25, 0.3) is 5.91 Å². The van der Waals surface area contributed by atoms with Gasteiger partial charge in [0, 0.05) is 30.8 Å². The highest BCUT2D eigenvalue weighted by Gasteiger charge is 2.29. The molecular formula is C21H22N2O3. The van der Waals surface area contributed by atoms with Crippen LogP contribution in [-0.2, 0) is 22.6 Å². The third kappa shape index (κ3) is 3.87. The standard InChI is InChI=1S/C21H22N2O3/c24-20(23-11-10-15-4-1-2-5-17(15)13-23)14-26-19-7-3-6-18(12-19)22-21(25)16-8-9-16/h1-7,12,16H,8-11,13-14H2,(H,22,25). The van der Waals surface area contributed by atoms with E-state index < -0.39 is 0 Å². The van der Waals surface area contributed by atoms with Crippen molar-refractivity contribution in [2.24, 2.45) is 5.92 Å². The van der Waals surface area contributed by atoms with Crippen LogP contribution < -0.4 is 10.1 Å². The van der Waals surface area contributed by atoms with Gasteiger partial charge < -0.3 is 15.0 Å². The van der Waals surface area contributed by atoms with Crippen LogP contribution in [0.25, 0.3) is 0 Å². The molecule has 2 aliphatic rings. The van der Waals surface area contributed by atoms with E-state index >= 15 is 0 Å². The molecule has 0 atom stereocenters. The Morgan fingerprint density at radius 1 is 1.08 bits per heavy atom. The summed E-state index contributed by atoms with van der Waals surface area (Å²) >= 11 is 0. The van der Waals surface area contributed by atoms with Crippen molar-refractivity contribution in [3.8, 4) is 5.75 Å². The minimum atomic E-state index is -0.0214. The molecule has 0 radical (unpaired) electrons. The van der Waals surface area contributed by atoms with Crippen LogP contribution in [-0.4, -0.2) is 29.9 Å². The van der Waals surface area contributed by atoms with Gasteiger partial charge in [-0.15, -0.1) is 0 Å². The molecule has 26 heavy (non-hydrogen) atoms. The minimum absolute atomic E-state index is 0.00217. The number of carbonyl (C=O) groups is 2. The smallest absolute Gasteiger partial charge is 0.260 e. The summed E-state index contributed by atoms with van der Waals surface area (Å²) in [6.07, 6.45) is 2.82. The molecule has 1 N–H and O–H groups in total. The van der Waals surface area contributed by atoms with Gasteiger partial charge in [-0.05, 0) is 42.5 Å². The largest absolute Gasteiger partial charge is 0.484 e. The molecule has 1 fully saturated rings. The molecule has 2 aromatic carbocycles. The van der Waals surface area contributed by atoms with Crippen LogP contribution in [0.2, 0.25) is 0 Å². The van der Waals surface area contributed by atoms with Gasteiger partial charge in [0.05, 0.1) is 0 Å². The average Bonchev–Trinajstić information content (AvgIpc) is 3.51. The van der Waals surface area contributed by atoms with E-state index in [-0.39, 0.29) is 24.3 Å². The molecule has 5 heteroatoms. The van der Waals surface area contributed by atoms with Crippen molar-refractivity contribution in [1.29, 1.82) is 0 Å². The van der Waals surface area contributed by atoms with E-state index in [1.165, 1.54) is 11.1 Å². The fourth-order valence-electron chi connectivity index (χ4n) is 3.20. The summed E-state index contributed by atoms with van der Waals surface area (Å²) in [5.41, 5.74) is 3.23. The van der Waals surface area contributed by atoms with Crippen molar-refractivity contribution < 1.29 is 14.3 Å². The topological polar surface area (TPSA) is 58.6 Å². The summed E-state index contributed by atoms with van der Waals surface area (Å²) in [5, 5.41) is 2.89. The molecule has 1 heterocycles. The van der Waals surface area contributed by atoms with Crippen LogP contribution in [0.15, 0.2) is 48.5 Å². The fourth-order valence-corrected chi connectivity index (χ4v) is 3.20. The third-order valence-electron chi connectivity index (χ3n) is 4.90. The lowest BCUT2D eigenvalue weighted by atomic mass is 10.00. The zero-order valence-corrected chi connectivity index (χ0v) is 14.6. The van der Waals surface area contributed by atoms with E-state index in [2.05, 4.69) is 17.4 Å². The Morgan fingerprint density at radius 2 is 1.88 bits per heavy atom. The fraction of sp³-hybridized carbons (Fsp3) is 0.333. The molecule has 1 aliphatic carbocycles. The van der Waals surface area contributed by atoms with Gasteiger partial charge in [0.1, 0.15) is 5.75 Å². The van der Waals surface area contributed by atoms with Crippen molar-refractivity contribution in [1.82, 2.24) is 4.90 Å². The normalized spacial score (nSPS) is 15.9. The lowest BCUT2D eigenvalue weighted by Gasteiger charge is -2.28. The maximum Gasteiger partial charge on any atom is 0.260 e. The van der Waals surface area contributed by atoms with Crippen LogP contribution in [0, 0.1) is 5.92 Å². The summed E-state index contributed by atoms with van der Waals surface area (Å²) in [5.74, 6) is 0.782. The second-order valence-electron chi connectivity index (χ2n) is 6.91. The summed E-state index contributed by atoms with van der Waals surface area (Å²) < 4.78 is 5.66. The molecule has 1 saturated carbocycles. The van der Waals surface area contributed by atoms with Gasteiger partial charge >= 0.3 is 0 Å². The van der Waals surface area contributed by atoms with Gasteiger partial charge in [-0.25, -0.2) is 0 Å². The molecule has 0 bridgehead atoms. The molecule has 0 saturated heterocycles. The number of fused-ring (bicyclic) bond motifs is 1. The predicted molar refractivity (Wildman–Crippen MR) is 98.9 cm³/mol. The van der Waals surface area contributed by atoms with E-state index in [1.54, 1.807) is 12.1 Å². The molecule has 0 spiro atoms. The Kier molecular flexibility index (Phi) is 4.61. The highest BCUT2D eigenvalue weighted by atomic mass is 16.5. The Morgan fingerprint density at radius 3 is 2.69 bits per heavy atom. The Hall–Kier alpha value is -2.82. The van der Waals surface area contributed by atoms with Crippen molar-refractivity contribution >= 4 is 17.5 Å². The quantitative estimate of drug-likeness (QED) is 0.902. The maximum atomic E-state index is 12.5. The van der Waals surface area contributed by atoms with Crippen molar-refractivity contribution in [2.75, 3.05) is 18.5 Å². The zero-order chi connectivity index (χ0) is 17.9. The van der Waals surface area contributed by atoms with Gasteiger partial charge in [-0.3, -0.25) is 9.59 Å². The van der Waals surface area contributed by atoms with Gasteiger partial charge in [0.2, 0.25) is 5.91 Å². The van der Waals surface area contributed by atoms with Gasteiger partial charge in [-0.2, -0.15) is 0 Å². The molecule has 2 amide bonds. The van der Waals surface area contributed by atoms with E-state index in [4.69, 9.17) is 4.74 Å². The van der Waals surface area contributed by atoms with E-state index in [0.717, 1.165) is 25.8 Å².